The van der Waals surface area contributed by atoms with E-state index in [2.05, 4.69) is 20.4 Å². The van der Waals surface area contributed by atoms with Gasteiger partial charge in [-0.25, -0.2) is 0 Å². The molecule has 0 atom stereocenters. The highest BCUT2D eigenvalue weighted by atomic mass is 15.1. The van der Waals surface area contributed by atoms with Gasteiger partial charge >= 0.3 is 0 Å². The van der Waals surface area contributed by atoms with E-state index in [1.54, 1.807) is 12.4 Å². The van der Waals surface area contributed by atoms with Crippen molar-refractivity contribution >= 4 is 0 Å². The Kier molecular flexibility index (Phi) is 3.07. The normalized spacial score (nSPS) is 8.83. The van der Waals surface area contributed by atoms with Gasteiger partial charge in [0.1, 0.15) is 0 Å². The molecule has 2 heterocycles. The minimum atomic E-state index is 1.18. The molecule has 0 unspecified atom stereocenters. The molecular formula is C8H12N4. The van der Waals surface area contributed by atoms with Crippen molar-refractivity contribution in [3.8, 4) is 0 Å². The second-order valence-electron chi connectivity index (χ2n) is 2.55. The lowest BCUT2D eigenvalue weighted by Crippen LogP contribution is -1.53. The lowest BCUT2D eigenvalue weighted by molar-refractivity contribution is 1.09. The summed E-state index contributed by atoms with van der Waals surface area (Å²) in [6.07, 6.45) is 7.25. The molecule has 64 valence electrons. The number of hydrogen-bond donors (Lipinski definition) is 2. The first-order valence-electron chi connectivity index (χ1n) is 3.70. The summed E-state index contributed by atoms with van der Waals surface area (Å²) in [4.78, 5) is 0. The van der Waals surface area contributed by atoms with Crippen LogP contribution in [0, 0.1) is 13.8 Å². The van der Waals surface area contributed by atoms with Gasteiger partial charge in [-0.3, -0.25) is 10.2 Å². The van der Waals surface area contributed by atoms with Gasteiger partial charge in [0.2, 0.25) is 0 Å². The number of H-pyrrole nitrogens is 2. The van der Waals surface area contributed by atoms with Crippen molar-refractivity contribution in [2.75, 3.05) is 0 Å². The van der Waals surface area contributed by atoms with Crippen LogP contribution in [0.3, 0.4) is 0 Å². The minimum absolute atomic E-state index is 1.18. The number of aromatic amines is 2. The van der Waals surface area contributed by atoms with Crippen LogP contribution in [-0.4, -0.2) is 20.4 Å². The van der Waals surface area contributed by atoms with Crippen molar-refractivity contribution in [1.82, 2.24) is 20.4 Å². The van der Waals surface area contributed by atoms with Crippen LogP contribution in [0.25, 0.3) is 0 Å². The Morgan fingerprint density at radius 1 is 0.917 bits per heavy atom. The molecule has 0 aliphatic carbocycles. The van der Waals surface area contributed by atoms with E-state index in [1.165, 1.54) is 11.1 Å². The number of nitrogens with one attached hydrogen (secondary N) is 2. The van der Waals surface area contributed by atoms with Crippen LogP contribution in [0.15, 0.2) is 24.8 Å². The van der Waals surface area contributed by atoms with Crippen LogP contribution >= 0.6 is 0 Å². The largest absolute Gasteiger partial charge is 0.285 e. The zero-order valence-electron chi connectivity index (χ0n) is 7.20. The Hall–Kier alpha value is -1.58. The van der Waals surface area contributed by atoms with Gasteiger partial charge in [-0.2, -0.15) is 10.2 Å². The molecule has 4 heteroatoms. The molecule has 2 aromatic rings. The summed E-state index contributed by atoms with van der Waals surface area (Å²) >= 11 is 0. The molecule has 0 aliphatic heterocycles. The lowest BCUT2D eigenvalue weighted by atomic mass is 10.4. The molecule has 2 aromatic heterocycles. The molecular weight excluding hydrogens is 152 g/mol. The molecule has 2 N–H and O–H groups in total. The third-order valence-electron chi connectivity index (χ3n) is 1.27. The second-order valence-corrected chi connectivity index (χ2v) is 2.55. The van der Waals surface area contributed by atoms with Crippen LogP contribution in [-0.2, 0) is 0 Å². The van der Waals surface area contributed by atoms with E-state index in [-0.39, 0.29) is 0 Å². The van der Waals surface area contributed by atoms with Gasteiger partial charge < -0.3 is 0 Å². The van der Waals surface area contributed by atoms with Crippen LogP contribution in [0.4, 0.5) is 0 Å². The summed E-state index contributed by atoms with van der Waals surface area (Å²) in [6.45, 7) is 3.98. The summed E-state index contributed by atoms with van der Waals surface area (Å²) < 4.78 is 0. The van der Waals surface area contributed by atoms with Crippen LogP contribution in [0.2, 0.25) is 0 Å². The molecule has 0 radical (unpaired) electrons. The first kappa shape index (κ1) is 8.52. The molecule has 12 heavy (non-hydrogen) atoms. The summed E-state index contributed by atoms with van der Waals surface area (Å²) in [6, 6.07) is 0. The average molecular weight is 164 g/mol. The Morgan fingerprint density at radius 3 is 1.42 bits per heavy atom. The maximum atomic E-state index is 3.70. The third-order valence-corrected chi connectivity index (χ3v) is 1.27. The molecule has 0 saturated heterocycles. The van der Waals surface area contributed by atoms with Gasteiger partial charge in [0.25, 0.3) is 0 Å². The van der Waals surface area contributed by atoms with Gasteiger partial charge in [0.05, 0.1) is 12.4 Å². The molecule has 4 nitrogen and oxygen atoms in total. The van der Waals surface area contributed by atoms with Crippen molar-refractivity contribution in [3.05, 3.63) is 35.9 Å². The van der Waals surface area contributed by atoms with E-state index in [4.69, 9.17) is 0 Å². The van der Waals surface area contributed by atoms with Crippen molar-refractivity contribution in [1.29, 1.82) is 0 Å². The highest BCUT2D eigenvalue weighted by Crippen LogP contribution is 1.84. The SMILES string of the molecule is Cc1cn[nH]c1.Cc1cn[nH]c1. The number of rotatable bonds is 0. The maximum Gasteiger partial charge on any atom is 0.0516 e. The Bertz CT molecular complexity index is 250. The molecule has 0 spiro atoms. The number of nitrogens with zero attached hydrogens (tertiary/aromatic N) is 2. The van der Waals surface area contributed by atoms with Gasteiger partial charge in [-0.05, 0) is 25.0 Å². The molecule has 2 rings (SSSR count). The van der Waals surface area contributed by atoms with Crippen LogP contribution in [0.5, 0.6) is 0 Å². The fourth-order valence-corrected chi connectivity index (χ4v) is 0.631. The number of aryl methyl sites for hydroxylation is 2. The van der Waals surface area contributed by atoms with Gasteiger partial charge in [-0.15, -0.1) is 0 Å². The van der Waals surface area contributed by atoms with Crippen LogP contribution in [0.1, 0.15) is 11.1 Å². The lowest BCUT2D eigenvalue weighted by Gasteiger charge is -1.62. The molecule has 0 aromatic carbocycles. The van der Waals surface area contributed by atoms with Gasteiger partial charge in [-0.1, -0.05) is 0 Å². The smallest absolute Gasteiger partial charge is 0.0516 e. The molecule has 0 bridgehead atoms. The quantitative estimate of drug-likeness (QED) is 0.619. The monoisotopic (exact) mass is 164 g/mol. The summed E-state index contributed by atoms with van der Waals surface area (Å²) in [5.74, 6) is 0. The van der Waals surface area contributed by atoms with E-state index in [9.17, 15) is 0 Å². The van der Waals surface area contributed by atoms with E-state index < -0.39 is 0 Å². The first-order valence-corrected chi connectivity index (χ1v) is 3.70. The van der Waals surface area contributed by atoms with Crippen LogP contribution < -0.4 is 0 Å². The van der Waals surface area contributed by atoms with E-state index in [0.29, 0.717) is 0 Å². The predicted molar refractivity (Wildman–Crippen MR) is 46.6 cm³/mol. The first-order chi connectivity index (χ1) is 5.79. The Morgan fingerprint density at radius 2 is 1.33 bits per heavy atom. The maximum absolute atomic E-state index is 3.70. The molecule has 0 aliphatic rings. The molecule has 0 amide bonds. The van der Waals surface area contributed by atoms with E-state index in [0.717, 1.165) is 0 Å². The highest BCUT2D eigenvalue weighted by molar-refractivity contribution is 4.97. The summed E-state index contributed by atoms with van der Waals surface area (Å²) in [5.41, 5.74) is 2.35. The van der Waals surface area contributed by atoms with Crippen molar-refractivity contribution in [3.63, 3.8) is 0 Å². The molecule has 0 fully saturated rings. The summed E-state index contributed by atoms with van der Waals surface area (Å²) in [7, 11) is 0. The Balaban J connectivity index is 0.000000120. The van der Waals surface area contributed by atoms with Gasteiger partial charge in [0, 0.05) is 12.4 Å². The average Bonchev–Trinajstić information content (AvgIpc) is 2.63. The zero-order valence-corrected chi connectivity index (χ0v) is 7.20. The highest BCUT2D eigenvalue weighted by Gasteiger charge is 1.75. The van der Waals surface area contributed by atoms with Crippen molar-refractivity contribution in [2.45, 2.75) is 13.8 Å². The third kappa shape index (κ3) is 3.01. The van der Waals surface area contributed by atoms with E-state index >= 15 is 0 Å². The van der Waals surface area contributed by atoms with Gasteiger partial charge in [0.15, 0.2) is 0 Å². The Labute approximate surface area is 71.0 Å². The fraction of sp³-hybridized carbons (Fsp3) is 0.250. The second kappa shape index (κ2) is 4.33. The fourth-order valence-electron chi connectivity index (χ4n) is 0.631. The predicted octanol–water partition coefficient (Wildman–Crippen LogP) is 1.44. The van der Waals surface area contributed by atoms with Crippen molar-refractivity contribution in [2.24, 2.45) is 0 Å². The van der Waals surface area contributed by atoms with Crippen molar-refractivity contribution < 1.29 is 0 Å². The zero-order chi connectivity index (χ0) is 8.81. The topological polar surface area (TPSA) is 57.4 Å². The number of aromatic nitrogens is 4. The minimum Gasteiger partial charge on any atom is -0.285 e. The standard InChI is InChI=1S/2C4H6N2/c2*1-4-2-5-6-3-4/h2*2-3H,1H3,(H,5,6). The summed E-state index contributed by atoms with van der Waals surface area (Å²) in [5, 5.41) is 12.8. The van der Waals surface area contributed by atoms with E-state index in [1.807, 2.05) is 26.2 Å². The number of hydrogen-bond acceptors (Lipinski definition) is 2. The molecule has 0 saturated carbocycles.